The topological polar surface area (TPSA) is 83.6 Å². The van der Waals surface area contributed by atoms with E-state index in [1.807, 2.05) is 25.1 Å². The number of aromatic nitrogens is 3. The van der Waals surface area contributed by atoms with Gasteiger partial charge < -0.3 is 5.32 Å². The first-order valence-corrected chi connectivity index (χ1v) is 7.13. The zero-order valence-electron chi connectivity index (χ0n) is 10.4. The van der Waals surface area contributed by atoms with Gasteiger partial charge in [-0.1, -0.05) is 0 Å². The molecule has 0 aliphatic heterocycles. The summed E-state index contributed by atoms with van der Waals surface area (Å²) in [6.45, 7) is 1.93. The summed E-state index contributed by atoms with van der Waals surface area (Å²) in [5, 5.41) is 18.8. The SMILES string of the molecule is Cc1cc(Br)c(NC(=O)Cn2cnnc2C#N)c(Br)c1. The molecule has 0 bridgehead atoms. The minimum Gasteiger partial charge on any atom is -0.323 e. The number of hydrogen-bond donors (Lipinski definition) is 1. The summed E-state index contributed by atoms with van der Waals surface area (Å²) < 4.78 is 2.94. The van der Waals surface area contributed by atoms with Gasteiger partial charge in [0, 0.05) is 8.95 Å². The number of halogens is 2. The van der Waals surface area contributed by atoms with Crippen LogP contribution in [0.2, 0.25) is 0 Å². The van der Waals surface area contributed by atoms with Crippen LogP contribution in [-0.4, -0.2) is 20.7 Å². The number of hydrogen-bond acceptors (Lipinski definition) is 4. The van der Waals surface area contributed by atoms with Crippen LogP contribution in [0.15, 0.2) is 27.4 Å². The van der Waals surface area contributed by atoms with Crippen LogP contribution in [0.3, 0.4) is 0 Å². The maximum Gasteiger partial charge on any atom is 0.244 e. The fraction of sp³-hybridized carbons (Fsp3) is 0.167. The van der Waals surface area contributed by atoms with E-state index in [9.17, 15) is 4.79 Å². The van der Waals surface area contributed by atoms with E-state index in [1.165, 1.54) is 10.9 Å². The summed E-state index contributed by atoms with van der Waals surface area (Å²) >= 11 is 6.81. The molecule has 1 N–H and O–H groups in total. The molecule has 0 aliphatic carbocycles. The molecule has 2 aromatic rings. The van der Waals surface area contributed by atoms with Gasteiger partial charge in [-0.25, -0.2) is 0 Å². The Morgan fingerprint density at radius 1 is 1.45 bits per heavy atom. The highest BCUT2D eigenvalue weighted by Crippen LogP contribution is 2.32. The van der Waals surface area contributed by atoms with E-state index in [1.54, 1.807) is 0 Å². The molecule has 0 fully saturated rings. The first-order valence-electron chi connectivity index (χ1n) is 5.54. The van der Waals surface area contributed by atoms with Crippen molar-refractivity contribution in [1.29, 1.82) is 5.26 Å². The quantitative estimate of drug-likeness (QED) is 0.861. The van der Waals surface area contributed by atoms with Crippen molar-refractivity contribution in [2.75, 3.05) is 5.32 Å². The van der Waals surface area contributed by atoms with Crippen molar-refractivity contribution in [1.82, 2.24) is 14.8 Å². The number of nitrogens with zero attached hydrogens (tertiary/aromatic N) is 4. The molecular formula is C12H9Br2N5O. The Balaban J connectivity index is 2.15. The molecule has 6 nitrogen and oxygen atoms in total. The normalized spacial score (nSPS) is 10.1. The van der Waals surface area contributed by atoms with Crippen molar-refractivity contribution in [3.8, 4) is 6.07 Å². The molecule has 1 aromatic heterocycles. The second kappa shape index (κ2) is 6.15. The number of carbonyl (C=O) groups is 1. The Morgan fingerprint density at radius 3 is 2.70 bits per heavy atom. The Morgan fingerprint density at radius 2 is 2.10 bits per heavy atom. The lowest BCUT2D eigenvalue weighted by atomic mass is 10.2. The van der Waals surface area contributed by atoms with Gasteiger partial charge in [0.05, 0.1) is 5.69 Å². The summed E-state index contributed by atoms with van der Waals surface area (Å²) in [5.74, 6) is -0.172. The van der Waals surface area contributed by atoms with Crippen LogP contribution < -0.4 is 5.32 Å². The standard InChI is InChI=1S/C12H9Br2N5O/c1-7-2-8(13)12(9(14)3-7)17-11(20)5-19-6-16-18-10(19)4-15/h2-3,6H,5H2,1H3,(H,17,20). The molecule has 0 saturated heterocycles. The average molecular weight is 399 g/mol. The molecule has 1 heterocycles. The smallest absolute Gasteiger partial charge is 0.244 e. The Hall–Kier alpha value is -1.72. The van der Waals surface area contributed by atoms with Crippen LogP contribution in [0.25, 0.3) is 0 Å². The summed E-state index contributed by atoms with van der Waals surface area (Å²) in [6.07, 6.45) is 1.34. The Bertz CT molecular complexity index is 681. The number of anilines is 1. The summed E-state index contributed by atoms with van der Waals surface area (Å²) in [4.78, 5) is 12.0. The van der Waals surface area contributed by atoms with Crippen molar-refractivity contribution in [3.63, 3.8) is 0 Å². The van der Waals surface area contributed by atoms with Gasteiger partial charge in [-0.05, 0) is 56.5 Å². The van der Waals surface area contributed by atoms with Crippen molar-refractivity contribution >= 4 is 43.5 Å². The minimum absolute atomic E-state index is 0.0251. The predicted octanol–water partition coefficient (Wildman–Crippen LogP) is 2.62. The lowest BCUT2D eigenvalue weighted by Crippen LogP contribution is -2.19. The van der Waals surface area contributed by atoms with Gasteiger partial charge in [-0.2, -0.15) is 5.26 Å². The van der Waals surface area contributed by atoms with E-state index in [4.69, 9.17) is 5.26 Å². The van der Waals surface area contributed by atoms with E-state index in [2.05, 4.69) is 47.4 Å². The van der Waals surface area contributed by atoms with Crippen molar-refractivity contribution in [2.24, 2.45) is 0 Å². The number of rotatable bonds is 3. The number of benzene rings is 1. The Kier molecular flexibility index (Phi) is 4.52. The molecule has 0 aliphatic rings. The number of aryl methyl sites for hydroxylation is 1. The predicted molar refractivity (Wildman–Crippen MR) is 79.9 cm³/mol. The van der Waals surface area contributed by atoms with Crippen LogP contribution >= 0.6 is 31.9 Å². The second-order valence-corrected chi connectivity index (χ2v) is 5.75. The van der Waals surface area contributed by atoms with Crippen LogP contribution in [-0.2, 0) is 11.3 Å². The Labute approximate surface area is 132 Å². The molecule has 0 atom stereocenters. The molecule has 0 radical (unpaired) electrons. The molecular weight excluding hydrogens is 390 g/mol. The summed E-state index contributed by atoms with van der Waals surface area (Å²) in [6, 6.07) is 5.67. The summed E-state index contributed by atoms with van der Waals surface area (Å²) in [5.41, 5.74) is 1.71. The van der Waals surface area contributed by atoms with Gasteiger partial charge in [-0.15, -0.1) is 10.2 Å². The van der Waals surface area contributed by atoms with E-state index < -0.39 is 0 Å². The van der Waals surface area contributed by atoms with Gasteiger partial charge >= 0.3 is 0 Å². The molecule has 102 valence electrons. The van der Waals surface area contributed by atoms with Crippen LogP contribution in [0.5, 0.6) is 0 Å². The zero-order chi connectivity index (χ0) is 14.7. The third kappa shape index (κ3) is 3.23. The lowest BCUT2D eigenvalue weighted by Gasteiger charge is -2.11. The van der Waals surface area contributed by atoms with E-state index in [-0.39, 0.29) is 18.3 Å². The van der Waals surface area contributed by atoms with Gasteiger partial charge in [0.25, 0.3) is 0 Å². The molecule has 8 heteroatoms. The van der Waals surface area contributed by atoms with Crippen molar-refractivity contribution in [3.05, 3.63) is 38.8 Å². The molecule has 20 heavy (non-hydrogen) atoms. The molecule has 1 amide bonds. The van der Waals surface area contributed by atoms with E-state index in [0.717, 1.165) is 14.5 Å². The van der Waals surface area contributed by atoms with Crippen LogP contribution in [0.1, 0.15) is 11.4 Å². The molecule has 1 aromatic carbocycles. The second-order valence-electron chi connectivity index (χ2n) is 4.05. The number of nitriles is 1. The van der Waals surface area contributed by atoms with Crippen LogP contribution in [0, 0.1) is 18.3 Å². The van der Waals surface area contributed by atoms with Crippen molar-refractivity contribution < 1.29 is 4.79 Å². The highest BCUT2D eigenvalue weighted by Gasteiger charge is 2.12. The fourth-order valence-electron chi connectivity index (χ4n) is 1.61. The maximum absolute atomic E-state index is 12.0. The molecule has 0 spiro atoms. The first kappa shape index (κ1) is 14.7. The first-order chi connectivity index (χ1) is 9.51. The third-order valence-corrected chi connectivity index (χ3v) is 3.73. The number of amides is 1. The molecule has 0 unspecified atom stereocenters. The van der Waals surface area contributed by atoms with Crippen molar-refractivity contribution in [2.45, 2.75) is 13.5 Å². The zero-order valence-corrected chi connectivity index (χ0v) is 13.6. The highest BCUT2D eigenvalue weighted by atomic mass is 79.9. The third-order valence-electron chi connectivity index (χ3n) is 2.48. The molecule has 2 rings (SSSR count). The van der Waals surface area contributed by atoms with Crippen LogP contribution in [0.4, 0.5) is 5.69 Å². The number of nitrogens with one attached hydrogen (secondary N) is 1. The van der Waals surface area contributed by atoms with Gasteiger partial charge in [0.2, 0.25) is 11.7 Å². The largest absolute Gasteiger partial charge is 0.323 e. The molecule has 0 saturated carbocycles. The monoisotopic (exact) mass is 397 g/mol. The number of carbonyl (C=O) groups excluding carboxylic acids is 1. The lowest BCUT2D eigenvalue weighted by molar-refractivity contribution is -0.116. The van der Waals surface area contributed by atoms with Gasteiger partial charge in [0.1, 0.15) is 18.9 Å². The fourth-order valence-corrected chi connectivity index (χ4v) is 3.22. The highest BCUT2D eigenvalue weighted by molar-refractivity contribution is 9.11. The van der Waals surface area contributed by atoms with Gasteiger partial charge in [0.15, 0.2) is 0 Å². The maximum atomic E-state index is 12.0. The van der Waals surface area contributed by atoms with E-state index >= 15 is 0 Å². The summed E-state index contributed by atoms with van der Waals surface area (Å²) in [7, 11) is 0. The average Bonchev–Trinajstić information content (AvgIpc) is 2.81. The van der Waals surface area contributed by atoms with E-state index in [0.29, 0.717) is 5.69 Å². The minimum atomic E-state index is -0.272. The van der Waals surface area contributed by atoms with Gasteiger partial charge in [-0.3, -0.25) is 9.36 Å².